The van der Waals surface area contributed by atoms with Crippen molar-refractivity contribution in [2.75, 3.05) is 6.61 Å². The molecular weight excluding hydrogens is 381 g/mol. The highest BCUT2D eigenvalue weighted by atomic mass is 19.1. The van der Waals surface area contributed by atoms with E-state index in [-0.39, 0.29) is 22.5 Å². The number of nitrogens with zero attached hydrogens (tertiary/aromatic N) is 1. The van der Waals surface area contributed by atoms with Crippen molar-refractivity contribution < 1.29 is 18.7 Å². The highest BCUT2D eigenvalue weighted by molar-refractivity contribution is 5.96. The van der Waals surface area contributed by atoms with Crippen molar-refractivity contribution in [1.82, 2.24) is 4.90 Å². The maximum atomic E-state index is 15.4. The Labute approximate surface area is 179 Å². The lowest BCUT2D eigenvalue weighted by Crippen LogP contribution is -2.39. The van der Waals surface area contributed by atoms with E-state index in [0.717, 1.165) is 24.8 Å². The van der Waals surface area contributed by atoms with Gasteiger partial charge in [-0.05, 0) is 45.7 Å². The number of rotatable bonds is 8. The van der Waals surface area contributed by atoms with Gasteiger partial charge in [-0.15, -0.1) is 0 Å². The number of hydrogen-bond donors (Lipinski definition) is 0. The molecule has 0 N–H and O–H groups in total. The number of ether oxygens (including phenoxy) is 2. The van der Waals surface area contributed by atoms with E-state index in [1.807, 2.05) is 6.07 Å². The molecule has 0 radical (unpaired) electrons. The number of para-hydroxylation sites is 1. The molecule has 0 saturated carbocycles. The Morgan fingerprint density at radius 2 is 1.80 bits per heavy atom. The number of carbonyl (C=O) groups excluding carboxylic acids is 1. The first-order valence-corrected chi connectivity index (χ1v) is 10.8. The molecule has 1 aliphatic rings. The molecule has 3 rings (SSSR count). The summed E-state index contributed by atoms with van der Waals surface area (Å²) in [6, 6.07) is 8.85. The van der Waals surface area contributed by atoms with Crippen LogP contribution in [0.3, 0.4) is 0 Å². The number of halogens is 1. The zero-order chi connectivity index (χ0) is 21.9. The van der Waals surface area contributed by atoms with Gasteiger partial charge >= 0.3 is 5.97 Å². The zero-order valence-electron chi connectivity index (χ0n) is 18.7. The fourth-order valence-electron chi connectivity index (χ4n) is 3.72. The van der Waals surface area contributed by atoms with Gasteiger partial charge in [0, 0.05) is 35.3 Å². The van der Waals surface area contributed by atoms with E-state index in [1.165, 1.54) is 0 Å². The molecule has 2 aromatic carbocycles. The van der Waals surface area contributed by atoms with Crippen molar-refractivity contribution in [2.24, 2.45) is 0 Å². The number of benzene rings is 2. The molecule has 5 heteroatoms. The van der Waals surface area contributed by atoms with E-state index in [1.54, 1.807) is 31.2 Å². The van der Waals surface area contributed by atoms with Crippen LogP contribution in [0.25, 0.3) is 0 Å². The van der Waals surface area contributed by atoms with Crippen LogP contribution in [-0.4, -0.2) is 23.0 Å². The van der Waals surface area contributed by atoms with Gasteiger partial charge in [-0.25, -0.2) is 9.18 Å². The lowest BCUT2D eigenvalue weighted by molar-refractivity contribution is 0.0728. The molecule has 0 aliphatic carbocycles. The molecule has 0 fully saturated rings. The molecule has 1 heterocycles. The Balaban J connectivity index is 2.05. The summed E-state index contributed by atoms with van der Waals surface area (Å²) in [5, 5.41) is 0. The number of fused-ring (bicyclic) bond motifs is 1. The van der Waals surface area contributed by atoms with Crippen molar-refractivity contribution in [3.05, 3.63) is 58.4 Å². The van der Waals surface area contributed by atoms with Crippen molar-refractivity contribution in [2.45, 2.75) is 72.5 Å². The first kappa shape index (κ1) is 22.3. The Morgan fingerprint density at radius 1 is 1.13 bits per heavy atom. The Morgan fingerprint density at radius 3 is 2.43 bits per heavy atom. The van der Waals surface area contributed by atoms with Gasteiger partial charge in [0.15, 0.2) is 0 Å². The fourth-order valence-corrected chi connectivity index (χ4v) is 3.72. The quantitative estimate of drug-likeness (QED) is 0.301. The van der Waals surface area contributed by atoms with Crippen LogP contribution in [0.4, 0.5) is 4.39 Å². The van der Waals surface area contributed by atoms with Crippen molar-refractivity contribution in [1.29, 1.82) is 0 Å². The third-order valence-electron chi connectivity index (χ3n) is 6.16. The summed E-state index contributed by atoms with van der Waals surface area (Å²) in [7, 11) is 0. The second-order valence-corrected chi connectivity index (χ2v) is 8.53. The third-order valence-corrected chi connectivity index (χ3v) is 6.16. The van der Waals surface area contributed by atoms with E-state index < -0.39 is 5.97 Å². The third kappa shape index (κ3) is 4.36. The monoisotopic (exact) mass is 413 g/mol. The van der Waals surface area contributed by atoms with Gasteiger partial charge in [0.2, 0.25) is 0 Å². The van der Waals surface area contributed by atoms with Crippen LogP contribution in [0.15, 0.2) is 30.3 Å². The molecule has 0 amide bonds. The standard InChI is InChI=1S/C25H32FNO3/c1-6-8-14-29-23-20-16-27(25(4,5)7-2)15-19(20)22(26)17(3)21(23)24(28)30-18-12-10-9-11-13-18/h9-13H,6-8,14-16H2,1-5H3. The van der Waals surface area contributed by atoms with Crippen LogP contribution in [-0.2, 0) is 13.1 Å². The predicted molar refractivity (Wildman–Crippen MR) is 117 cm³/mol. The summed E-state index contributed by atoms with van der Waals surface area (Å²) in [6.45, 7) is 11.7. The zero-order valence-corrected chi connectivity index (χ0v) is 18.7. The van der Waals surface area contributed by atoms with Gasteiger partial charge in [-0.2, -0.15) is 0 Å². The molecule has 0 atom stereocenters. The maximum Gasteiger partial charge on any atom is 0.347 e. The fraction of sp³-hybridized carbons (Fsp3) is 0.480. The number of unbranched alkanes of at least 4 members (excludes halogenated alkanes) is 1. The first-order valence-electron chi connectivity index (χ1n) is 10.8. The Kier molecular flexibility index (Phi) is 6.81. The van der Waals surface area contributed by atoms with Crippen molar-refractivity contribution in [3.8, 4) is 11.5 Å². The van der Waals surface area contributed by atoms with Gasteiger partial charge < -0.3 is 9.47 Å². The van der Waals surface area contributed by atoms with E-state index in [9.17, 15) is 4.79 Å². The second-order valence-electron chi connectivity index (χ2n) is 8.53. The van der Waals surface area contributed by atoms with Crippen LogP contribution in [0.5, 0.6) is 11.5 Å². The Hall–Kier alpha value is -2.40. The van der Waals surface area contributed by atoms with Gasteiger partial charge in [0.1, 0.15) is 22.9 Å². The normalized spacial score (nSPS) is 13.9. The number of carbonyl (C=O) groups is 1. The lowest BCUT2D eigenvalue weighted by Gasteiger charge is -2.34. The lowest BCUT2D eigenvalue weighted by atomic mass is 9.98. The largest absolute Gasteiger partial charge is 0.492 e. The molecule has 0 bridgehead atoms. The predicted octanol–water partition coefficient (Wildman–Crippen LogP) is 6.04. The topological polar surface area (TPSA) is 38.8 Å². The molecule has 0 aromatic heterocycles. The van der Waals surface area contributed by atoms with E-state index >= 15 is 4.39 Å². The summed E-state index contributed by atoms with van der Waals surface area (Å²) in [6.07, 6.45) is 2.78. The maximum absolute atomic E-state index is 15.4. The summed E-state index contributed by atoms with van der Waals surface area (Å²) in [5.74, 6) is -0.00824. The summed E-state index contributed by atoms with van der Waals surface area (Å²) in [4.78, 5) is 15.3. The molecule has 0 spiro atoms. The molecule has 2 aromatic rings. The number of esters is 1. The van der Waals surface area contributed by atoms with Gasteiger partial charge in [-0.3, -0.25) is 4.90 Å². The minimum Gasteiger partial charge on any atom is -0.492 e. The van der Waals surface area contributed by atoms with Crippen LogP contribution >= 0.6 is 0 Å². The molecule has 0 unspecified atom stereocenters. The molecule has 162 valence electrons. The Bertz CT molecular complexity index is 909. The van der Waals surface area contributed by atoms with Crippen molar-refractivity contribution in [3.63, 3.8) is 0 Å². The van der Waals surface area contributed by atoms with Crippen LogP contribution < -0.4 is 9.47 Å². The SMILES string of the molecule is CCCCOc1c2c(c(F)c(C)c1C(=O)Oc1ccccc1)CN(C(C)(C)CC)C2. The van der Waals surface area contributed by atoms with Gasteiger partial charge in [-0.1, -0.05) is 38.5 Å². The smallest absolute Gasteiger partial charge is 0.347 e. The highest BCUT2D eigenvalue weighted by Gasteiger charge is 2.37. The van der Waals surface area contributed by atoms with Gasteiger partial charge in [0.25, 0.3) is 0 Å². The summed E-state index contributed by atoms with van der Waals surface area (Å²) in [5.41, 5.74) is 1.82. The van der Waals surface area contributed by atoms with Crippen LogP contribution in [0, 0.1) is 12.7 Å². The van der Waals surface area contributed by atoms with E-state index in [4.69, 9.17) is 9.47 Å². The van der Waals surface area contributed by atoms with Crippen LogP contribution in [0.2, 0.25) is 0 Å². The minimum absolute atomic E-state index is 0.0786. The molecule has 1 aliphatic heterocycles. The molecule has 30 heavy (non-hydrogen) atoms. The van der Waals surface area contributed by atoms with Crippen molar-refractivity contribution >= 4 is 5.97 Å². The van der Waals surface area contributed by atoms with E-state index in [2.05, 4.69) is 32.6 Å². The summed E-state index contributed by atoms with van der Waals surface area (Å²) < 4.78 is 27.1. The highest BCUT2D eigenvalue weighted by Crippen LogP contribution is 2.42. The number of hydrogen-bond acceptors (Lipinski definition) is 4. The second kappa shape index (κ2) is 9.17. The molecule has 4 nitrogen and oxygen atoms in total. The first-order chi connectivity index (χ1) is 14.3. The summed E-state index contributed by atoms with van der Waals surface area (Å²) >= 11 is 0. The molecule has 0 saturated heterocycles. The minimum atomic E-state index is -0.583. The van der Waals surface area contributed by atoms with Crippen LogP contribution in [0.1, 0.15) is 74.0 Å². The van der Waals surface area contributed by atoms with Gasteiger partial charge in [0.05, 0.1) is 6.61 Å². The average Bonchev–Trinajstić information content (AvgIpc) is 3.19. The molecular formula is C25H32FNO3. The van der Waals surface area contributed by atoms with E-state index in [0.29, 0.717) is 36.8 Å². The average molecular weight is 414 g/mol.